The summed E-state index contributed by atoms with van der Waals surface area (Å²) in [5.74, 6) is -0.714. The number of rotatable bonds is 7. The number of hydrogen-bond donors (Lipinski definition) is 1. The molecule has 1 amide bonds. The molecule has 1 saturated heterocycles. The first-order valence-electron chi connectivity index (χ1n) is 9.05. The number of carbonyl (C=O) groups excluding carboxylic acids is 2. The average molecular weight is 401 g/mol. The van der Waals surface area contributed by atoms with Crippen LogP contribution >= 0.6 is 11.3 Å². The Kier molecular flexibility index (Phi) is 6.16. The van der Waals surface area contributed by atoms with E-state index in [1.165, 1.54) is 11.3 Å². The first-order valence-corrected chi connectivity index (χ1v) is 9.93. The zero-order valence-electron chi connectivity index (χ0n) is 16.2. The lowest BCUT2D eigenvalue weighted by Gasteiger charge is -2.24. The Labute approximate surface area is 168 Å². The molecule has 0 bridgehead atoms. The Morgan fingerprint density at radius 3 is 2.50 bits per heavy atom. The molecule has 1 aliphatic rings. The number of nitrogens with zero attached hydrogens (tertiary/aromatic N) is 2. The van der Waals surface area contributed by atoms with E-state index < -0.39 is 17.7 Å². The fourth-order valence-corrected chi connectivity index (χ4v) is 4.16. The van der Waals surface area contributed by atoms with Gasteiger partial charge in [0, 0.05) is 17.0 Å². The minimum atomic E-state index is -0.642. The van der Waals surface area contributed by atoms with E-state index in [-0.39, 0.29) is 11.3 Å². The summed E-state index contributed by atoms with van der Waals surface area (Å²) in [6, 6.07) is 9.99. The SMILES string of the molecule is COc1ccc(/C(O)=C2/C(=O)C(=O)N(CCCN(C)C)C2c2cccs2)cc1. The van der Waals surface area contributed by atoms with Crippen LogP contribution in [-0.4, -0.2) is 60.9 Å². The van der Waals surface area contributed by atoms with Gasteiger partial charge in [0.1, 0.15) is 11.5 Å². The Hall–Kier alpha value is -2.64. The van der Waals surface area contributed by atoms with E-state index in [1.807, 2.05) is 36.5 Å². The van der Waals surface area contributed by atoms with Crippen molar-refractivity contribution in [3.05, 3.63) is 57.8 Å². The molecule has 0 saturated carbocycles. The lowest BCUT2D eigenvalue weighted by atomic mass is 10.00. The minimum Gasteiger partial charge on any atom is -0.507 e. The largest absolute Gasteiger partial charge is 0.507 e. The molecule has 6 nitrogen and oxygen atoms in total. The monoisotopic (exact) mass is 400 g/mol. The molecular weight excluding hydrogens is 376 g/mol. The van der Waals surface area contributed by atoms with Crippen LogP contribution < -0.4 is 4.74 Å². The molecule has 2 heterocycles. The summed E-state index contributed by atoms with van der Waals surface area (Å²) < 4.78 is 5.14. The number of amides is 1. The molecule has 1 atom stereocenters. The van der Waals surface area contributed by atoms with Gasteiger partial charge < -0.3 is 19.6 Å². The minimum absolute atomic E-state index is 0.141. The van der Waals surface area contributed by atoms with Crippen LogP contribution in [0.25, 0.3) is 5.76 Å². The van der Waals surface area contributed by atoms with Crippen LogP contribution in [0.2, 0.25) is 0 Å². The molecule has 2 aromatic rings. The molecule has 0 radical (unpaired) electrons. The summed E-state index contributed by atoms with van der Waals surface area (Å²) in [6.07, 6.45) is 0.741. The molecule has 0 aliphatic carbocycles. The van der Waals surface area contributed by atoms with Crippen LogP contribution in [0.15, 0.2) is 47.4 Å². The van der Waals surface area contributed by atoms with Crippen molar-refractivity contribution < 1.29 is 19.4 Å². The number of carbonyl (C=O) groups is 2. The first kappa shape index (κ1) is 20.1. The number of thiophene rings is 1. The summed E-state index contributed by atoms with van der Waals surface area (Å²) in [5, 5.41) is 12.8. The lowest BCUT2D eigenvalue weighted by molar-refractivity contribution is -0.139. The summed E-state index contributed by atoms with van der Waals surface area (Å²) in [7, 11) is 5.49. The first-order chi connectivity index (χ1) is 13.4. The van der Waals surface area contributed by atoms with Crippen LogP contribution in [0.3, 0.4) is 0 Å². The smallest absolute Gasteiger partial charge is 0.295 e. The van der Waals surface area contributed by atoms with Gasteiger partial charge in [-0.3, -0.25) is 9.59 Å². The van der Waals surface area contributed by atoms with E-state index >= 15 is 0 Å². The highest BCUT2D eigenvalue weighted by Crippen LogP contribution is 2.41. The van der Waals surface area contributed by atoms with Crippen molar-refractivity contribution in [3.8, 4) is 5.75 Å². The van der Waals surface area contributed by atoms with E-state index in [9.17, 15) is 14.7 Å². The second kappa shape index (κ2) is 8.58. The number of ketones is 1. The topological polar surface area (TPSA) is 70.1 Å². The molecule has 1 aliphatic heterocycles. The zero-order chi connectivity index (χ0) is 20.3. The van der Waals surface area contributed by atoms with Gasteiger partial charge in [-0.2, -0.15) is 0 Å². The Bertz CT molecular complexity index is 872. The zero-order valence-corrected chi connectivity index (χ0v) is 17.0. The Balaban J connectivity index is 2.01. The van der Waals surface area contributed by atoms with Gasteiger partial charge in [-0.1, -0.05) is 6.07 Å². The van der Waals surface area contributed by atoms with E-state index in [4.69, 9.17) is 4.74 Å². The molecule has 1 aromatic heterocycles. The number of aliphatic hydroxyl groups is 1. The lowest BCUT2D eigenvalue weighted by Crippen LogP contribution is -2.32. The molecule has 1 unspecified atom stereocenters. The Morgan fingerprint density at radius 1 is 1.21 bits per heavy atom. The van der Waals surface area contributed by atoms with Gasteiger partial charge in [0.2, 0.25) is 0 Å². The van der Waals surface area contributed by atoms with Crippen LogP contribution in [0.4, 0.5) is 0 Å². The van der Waals surface area contributed by atoms with Crippen LogP contribution in [0, 0.1) is 0 Å². The number of ether oxygens (including phenoxy) is 1. The van der Waals surface area contributed by atoms with Crippen LogP contribution in [0.1, 0.15) is 22.9 Å². The number of hydrogen-bond acceptors (Lipinski definition) is 6. The highest BCUT2D eigenvalue weighted by Gasteiger charge is 2.46. The standard InChI is InChI=1S/C21H24N2O4S/c1-22(2)11-5-12-23-18(16-6-4-13-28-16)17(20(25)21(23)26)19(24)14-7-9-15(27-3)10-8-14/h4,6-10,13,18,24H,5,11-12H2,1-3H3/b19-17-. The summed E-state index contributed by atoms with van der Waals surface area (Å²) in [6.45, 7) is 1.25. The molecule has 7 heteroatoms. The van der Waals surface area contributed by atoms with Gasteiger partial charge in [0.25, 0.3) is 11.7 Å². The van der Waals surface area contributed by atoms with Crippen molar-refractivity contribution in [1.82, 2.24) is 9.80 Å². The third-order valence-corrected chi connectivity index (χ3v) is 5.65. The maximum absolute atomic E-state index is 12.8. The fraction of sp³-hybridized carbons (Fsp3) is 0.333. The third kappa shape index (κ3) is 3.95. The van der Waals surface area contributed by atoms with Crippen LogP contribution in [0.5, 0.6) is 5.75 Å². The molecule has 1 fully saturated rings. The van der Waals surface area contributed by atoms with Crippen LogP contribution in [-0.2, 0) is 9.59 Å². The highest BCUT2D eigenvalue weighted by atomic mass is 32.1. The maximum atomic E-state index is 12.8. The Morgan fingerprint density at radius 2 is 1.93 bits per heavy atom. The normalized spacial score (nSPS) is 18.9. The summed E-state index contributed by atoms with van der Waals surface area (Å²) in [5.41, 5.74) is 0.621. The van der Waals surface area contributed by atoms with Crippen molar-refractivity contribution in [1.29, 1.82) is 0 Å². The number of likely N-dealkylation sites (tertiary alicyclic amines) is 1. The molecule has 0 spiro atoms. The molecule has 148 valence electrons. The third-order valence-electron chi connectivity index (χ3n) is 4.72. The van der Waals surface area contributed by atoms with Crippen molar-refractivity contribution in [2.24, 2.45) is 0 Å². The van der Waals surface area contributed by atoms with Crippen molar-refractivity contribution in [2.45, 2.75) is 12.5 Å². The number of Topliss-reactive ketones (excluding diaryl/α,β-unsaturated/α-hetero) is 1. The van der Waals surface area contributed by atoms with E-state index in [1.54, 1.807) is 36.3 Å². The number of aliphatic hydroxyl groups excluding tert-OH is 1. The molecule has 1 N–H and O–H groups in total. The highest BCUT2D eigenvalue weighted by molar-refractivity contribution is 7.10. The van der Waals surface area contributed by atoms with Gasteiger partial charge in [-0.25, -0.2) is 0 Å². The van der Waals surface area contributed by atoms with Gasteiger partial charge in [0.05, 0.1) is 18.7 Å². The maximum Gasteiger partial charge on any atom is 0.295 e. The van der Waals surface area contributed by atoms with E-state index in [0.29, 0.717) is 17.9 Å². The summed E-state index contributed by atoms with van der Waals surface area (Å²) in [4.78, 5) is 30.0. The quantitative estimate of drug-likeness (QED) is 0.439. The molecule has 1 aromatic carbocycles. The number of benzene rings is 1. The van der Waals surface area contributed by atoms with Gasteiger partial charge in [-0.05, 0) is 62.8 Å². The predicted molar refractivity (Wildman–Crippen MR) is 109 cm³/mol. The predicted octanol–water partition coefficient (Wildman–Crippen LogP) is 3.13. The van der Waals surface area contributed by atoms with E-state index in [2.05, 4.69) is 0 Å². The average Bonchev–Trinajstić information content (AvgIpc) is 3.29. The second-order valence-electron chi connectivity index (χ2n) is 6.89. The van der Waals surface area contributed by atoms with Gasteiger partial charge >= 0.3 is 0 Å². The van der Waals surface area contributed by atoms with Crippen molar-refractivity contribution in [3.63, 3.8) is 0 Å². The summed E-state index contributed by atoms with van der Waals surface area (Å²) >= 11 is 1.47. The van der Waals surface area contributed by atoms with E-state index in [0.717, 1.165) is 17.8 Å². The molecular formula is C21H24N2O4S. The second-order valence-corrected chi connectivity index (χ2v) is 7.87. The molecule has 3 rings (SSSR count). The van der Waals surface area contributed by atoms with Crippen molar-refractivity contribution in [2.75, 3.05) is 34.3 Å². The fourth-order valence-electron chi connectivity index (χ4n) is 3.31. The van der Waals surface area contributed by atoms with Crippen molar-refractivity contribution >= 4 is 28.8 Å². The van der Waals surface area contributed by atoms with Gasteiger partial charge in [-0.15, -0.1) is 11.3 Å². The van der Waals surface area contributed by atoms with Gasteiger partial charge in [0.15, 0.2) is 0 Å². The molecule has 28 heavy (non-hydrogen) atoms. The number of methoxy groups -OCH3 is 1.